The molecule has 148 valence electrons. The maximum atomic E-state index is 13.1. The minimum absolute atomic E-state index is 0.00577. The summed E-state index contributed by atoms with van der Waals surface area (Å²) in [6.07, 6.45) is 0.00577. The van der Waals surface area contributed by atoms with E-state index in [2.05, 4.69) is 9.44 Å². The lowest BCUT2D eigenvalue weighted by molar-refractivity contribution is 0.504. The minimum Gasteiger partial charge on any atom is -0.211 e. The number of nitrogens with one attached hydrogen (secondary N) is 2. The first kappa shape index (κ1) is 21.3. The van der Waals surface area contributed by atoms with Crippen LogP contribution in [0.2, 0.25) is 0 Å². The van der Waals surface area contributed by atoms with Crippen molar-refractivity contribution in [1.82, 2.24) is 9.44 Å². The molecule has 27 heavy (non-hydrogen) atoms. The molecule has 0 aliphatic heterocycles. The Morgan fingerprint density at radius 2 is 1.00 bits per heavy atom. The van der Waals surface area contributed by atoms with Gasteiger partial charge in [0.15, 0.2) is 23.3 Å². The van der Waals surface area contributed by atoms with Crippen molar-refractivity contribution in [2.45, 2.75) is 16.2 Å². The van der Waals surface area contributed by atoms with Crippen LogP contribution in [-0.2, 0) is 20.0 Å². The van der Waals surface area contributed by atoms with Gasteiger partial charge in [0.1, 0.15) is 0 Å². The van der Waals surface area contributed by atoms with Crippen molar-refractivity contribution in [3.05, 3.63) is 59.7 Å². The predicted octanol–water partition coefficient (Wildman–Crippen LogP) is 1.89. The van der Waals surface area contributed by atoms with E-state index in [1.807, 2.05) is 0 Å². The van der Waals surface area contributed by atoms with E-state index >= 15 is 0 Å². The molecule has 0 fully saturated rings. The van der Waals surface area contributed by atoms with Gasteiger partial charge in [-0.25, -0.2) is 43.8 Å². The van der Waals surface area contributed by atoms with E-state index in [1.54, 1.807) is 0 Å². The number of rotatable bonds is 8. The van der Waals surface area contributed by atoms with Gasteiger partial charge in [-0.05, 0) is 42.8 Å². The van der Waals surface area contributed by atoms with Gasteiger partial charge < -0.3 is 0 Å². The summed E-state index contributed by atoms with van der Waals surface area (Å²) in [4.78, 5) is -0.965. The van der Waals surface area contributed by atoms with Crippen LogP contribution >= 0.6 is 0 Å². The van der Waals surface area contributed by atoms with E-state index in [4.69, 9.17) is 0 Å². The summed E-state index contributed by atoms with van der Waals surface area (Å²) in [7, 11) is -8.21. The summed E-state index contributed by atoms with van der Waals surface area (Å²) in [6.45, 7) is -0.413. The van der Waals surface area contributed by atoms with Crippen LogP contribution in [0.3, 0.4) is 0 Å². The fourth-order valence-electron chi connectivity index (χ4n) is 1.96. The van der Waals surface area contributed by atoms with Crippen molar-refractivity contribution in [2.24, 2.45) is 0 Å². The molecule has 0 radical (unpaired) electrons. The Morgan fingerprint density at radius 1 is 0.630 bits per heavy atom. The molecule has 2 aromatic carbocycles. The highest BCUT2D eigenvalue weighted by Crippen LogP contribution is 2.14. The lowest BCUT2D eigenvalue weighted by Crippen LogP contribution is -2.30. The van der Waals surface area contributed by atoms with Crippen LogP contribution < -0.4 is 9.44 Å². The van der Waals surface area contributed by atoms with Crippen LogP contribution in [0.25, 0.3) is 0 Å². The van der Waals surface area contributed by atoms with Gasteiger partial charge in [-0.15, -0.1) is 0 Å². The fraction of sp³-hybridized carbons (Fsp3) is 0.200. The monoisotopic (exact) mass is 426 g/mol. The first-order chi connectivity index (χ1) is 12.5. The Morgan fingerprint density at radius 3 is 1.33 bits per heavy atom. The van der Waals surface area contributed by atoms with E-state index in [-0.39, 0.29) is 19.5 Å². The van der Waals surface area contributed by atoms with Crippen molar-refractivity contribution in [3.63, 3.8) is 0 Å². The van der Waals surface area contributed by atoms with Gasteiger partial charge in [0.2, 0.25) is 20.0 Å². The average molecular weight is 426 g/mol. The van der Waals surface area contributed by atoms with Crippen molar-refractivity contribution in [1.29, 1.82) is 0 Å². The topological polar surface area (TPSA) is 92.3 Å². The Labute approximate surface area is 153 Å². The lowest BCUT2D eigenvalue weighted by Gasteiger charge is -2.09. The molecule has 0 saturated carbocycles. The van der Waals surface area contributed by atoms with E-state index in [0.29, 0.717) is 24.3 Å². The molecule has 0 aliphatic rings. The molecule has 0 spiro atoms. The average Bonchev–Trinajstić information content (AvgIpc) is 2.59. The first-order valence-electron chi connectivity index (χ1n) is 7.42. The maximum Gasteiger partial charge on any atom is 0.240 e. The second-order valence-corrected chi connectivity index (χ2v) is 8.83. The van der Waals surface area contributed by atoms with Crippen LogP contribution in [0, 0.1) is 23.3 Å². The number of sulfonamides is 2. The Balaban J connectivity index is 1.89. The summed E-state index contributed by atoms with van der Waals surface area (Å²) < 4.78 is 104. The van der Waals surface area contributed by atoms with Gasteiger partial charge in [0.05, 0.1) is 9.79 Å². The zero-order chi connectivity index (χ0) is 20.2. The van der Waals surface area contributed by atoms with Crippen molar-refractivity contribution in [3.8, 4) is 0 Å². The molecule has 0 aliphatic carbocycles. The molecule has 0 amide bonds. The Hall–Kier alpha value is -2.02. The highest BCUT2D eigenvalue weighted by molar-refractivity contribution is 7.89. The van der Waals surface area contributed by atoms with Crippen molar-refractivity contribution < 1.29 is 34.4 Å². The van der Waals surface area contributed by atoms with Gasteiger partial charge in [0, 0.05) is 13.1 Å². The van der Waals surface area contributed by atoms with Crippen LogP contribution in [0.1, 0.15) is 6.42 Å². The van der Waals surface area contributed by atoms with Crippen LogP contribution in [0.4, 0.5) is 17.6 Å². The van der Waals surface area contributed by atoms with Crippen LogP contribution in [0.15, 0.2) is 46.2 Å². The Kier molecular flexibility index (Phi) is 6.57. The van der Waals surface area contributed by atoms with Crippen molar-refractivity contribution in [2.75, 3.05) is 13.1 Å². The van der Waals surface area contributed by atoms with Gasteiger partial charge in [0.25, 0.3) is 0 Å². The van der Waals surface area contributed by atoms with E-state index in [1.165, 1.54) is 0 Å². The zero-order valence-electron chi connectivity index (χ0n) is 13.5. The van der Waals surface area contributed by atoms with E-state index in [9.17, 15) is 34.4 Å². The minimum atomic E-state index is -4.10. The third-order valence-electron chi connectivity index (χ3n) is 3.34. The second kappa shape index (κ2) is 8.33. The SMILES string of the molecule is O=S(=O)(NCCCNS(=O)(=O)c1ccc(F)c(F)c1)c1ccc(F)c(F)c1. The molecule has 2 aromatic rings. The highest BCUT2D eigenvalue weighted by atomic mass is 32.2. The smallest absolute Gasteiger partial charge is 0.211 e. The normalized spacial score (nSPS) is 12.3. The molecule has 6 nitrogen and oxygen atoms in total. The Bertz CT molecular complexity index is 960. The van der Waals surface area contributed by atoms with Gasteiger partial charge in [-0.1, -0.05) is 0 Å². The molecule has 0 bridgehead atoms. The van der Waals surface area contributed by atoms with Crippen LogP contribution in [-0.4, -0.2) is 29.9 Å². The van der Waals surface area contributed by atoms with Gasteiger partial charge in [-0.3, -0.25) is 0 Å². The molecule has 2 N–H and O–H groups in total. The molecular formula is C15H14F4N2O4S2. The summed E-state index contributed by atoms with van der Waals surface area (Å²) in [5.41, 5.74) is 0. The molecule has 2 rings (SSSR count). The molecule has 0 atom stereocenters. The molecule has 0 unspecified atom stereocenters. The van der Waals surface area contributed by atoms with E-state index < -0.39 is 53.1 Å². The summed E-state index contributed by atoms with van der Waals surface area (Å²) in [5.74, 6) is -5.03. The van der Waals surface area contributed by atoms with Gasteiger partial charge in [-0.2, -0.15) is 0 Å². The molecule has 0 saturated heterocycles. The molecule has 0 aromatic heterocycles. The summed E-state index contributed by atoms with van der Waals surface area (Å²) in [6, 6.07) is 4.13. The molecule has 0 heterocycles. The maximum absolute atomic E-state index is 13.1. The number of benzene rings is 2. The van der Waals surface area contributed by atoms with E-state index in [0.717, 1.165) is 12.1 Å². The van der Waals surface area contributed by atoms with Crippen molar-refractivity contribution >= 4 is 20.0 Å². The number of hydrogen-bond acceptors (Lipinski definition) is 4. The third kappa shape index (κ3) is 5.48. The molecule has 12 heteroatoms. The first-order valence-corrected chi connectivity index (χ1v) is 10.4. The summed E-state index contributed by atoms with van der Waals surface area (Å²) >= 11 is 0. The third-order valence-corrected chi connectivity index (χ3v) is 6.26. The lowest BCUT2D eigenvalue weighted by atomic mass is 10.3. The van der Waals surface area contributed by atoms with Crippen LogP contribution in [0.5, 0.6) is 0 Å². The highest BCUT2D eigenvalue weighted by Gasteiger charge is 2.18. The largest absolute Gasteiger partial charge is 0.240 e. The summed E-state index contributed by atoms with van der Waals surface area (Å²) in [5, 5.41) is 0. The second-order valence-electron chi connectivity index (χ2n) is 5.30. The molecular weight excluding hydrogens is 412 g/mol. The predicted molar refractivity (Wildman–Crippen MR) is 87.7 cm³/mol. The number of hydrogen-bond donors (Lipinski definition) is 2. The van der Waals surface area contributed by atoms with Gasteiger partial charge >= 0.3 is 0 Å². The standard InChI is InChI=1S/C15H14F4N2O4S2/c16-12-4-2-10(8-14(12)18)26(22,23)20-6-1-7-21-27(24,25)11-3-5-13(17)15(19)9-11/h2-5,8-9,20-21H,1,6-7H2. The fourth-order valence-corrected chi connectivity index (χ4v) is 4.13. The zero-order valence-corrected chi connectivity index (χ0v) is 15.2. The quantitative estimate of drug-likeness (QED) is 0.498. The number of halogens is 4.